The van der Waals surface area contributed by atoms with E-state index in [0.717, 1.165) is 59.6 Å². The molecule has 7 heteroatoms. The standard InChI is InChI=1S/C50H55NO6/c1-46-23-20-39(52)31-48(46)26-27-50(41(32-48)44(53)37-16-14-36(15-17-37)34-10-5-4-6-11-34)42(46)21-24-47(2)43(50)22-25-49(47,55)33-51(28-9-29-56-3)45(54)57-40-19-18-35-12-7-8-13-38(35)30-40/h4-8,10-19,26-27,30,32,39,42-43,52,55H,9,20-25,28-29,31,33H2,1-3H3. The average Bonchev–Trinajstić information content (AvgIpc) is 3.50. The highest BCUT2D eigenvalue weighted by atomic mass is 16.6. The second-order valence-corrected chi connectivity index (χ2v) is 18.2. The van der Waals surface area contributed by atoms with Crippen LogP contribution in [-0.2, 0) is 4.74 Å². The predicted molar refractivity (Wildman–Crippen MR) is 223 cm³/mol. The minimum Gasteiger partial charge on any atom is -0.410 e. The Labute approximate surface area is 336 Å². The maximum absolute atomic E-state index is 15.2. The van der Waals surface area contributed by atoms with Crippen molar-refractivity contribution in [2.24, 2.45) is 33.5 Å². The summed E-state index contributed by atoms with van der Waals surface area (Å²) in [5, 5.41) is 26.3. The molecule has 0 aromatic heterocycles. The number of aliphatic hydroxyl groups excluding tert-OH is 1. The highest BCUT2D eigenvalue weighted by molar-refractivity contribution is 6.10. The Morgan fingerprint density at radius 1 is 0.789 bits per heavy atom. The van der Waals surface area contributed by atoms with Crippen molar-refractivity contribution in [1.82, 2.24) is 4.90 Å². The van der Waals surface area contributed by atoms with Crippen LogP contribution < -0.4 is 4.74 Å². The number of ether oxygens (including phenoxy) is 2. The van der Waals surface area contributed by atoms with Gasteiger partial charge in [-0.3, -0.25) is 4.79 Å². The van der Waals surface area contributed by atoms with Crippen molar-refractivity contribution < 1.29 is 29.3 Å². The van der Waals surface area contributed by atoms with E-state index < -0.39 is 34.0 Å². The second-order valence-electron chi connectivity index (χ2n) is 18.2. The quantitative estimate of drug-likeness (QED) is 0.0949. The molecule has 0 aliphatic heterocycles. The molecule has 7 nitrogen and oxygen atoms in total. The summed E-state index contributed by atoms with van der Waals surface area (Å²) in [7, 11) is 1.65. The lowest BCUT2D eigenvalue weighted by molar-refractivity contribution is -0.175. The number of hydrogen-bond acceptors (Lipinski definition) is 6. The number of methoxy groups -OCH3 is 1. The SMILES string of the molecule is COCCCN(CC1(O)CCC2C34C=CC5(C=C3C(=O)c3ccc(-c6ccccc6)cc3)CC(O)CCC5(C)C4CCC21C)C(=O)Oc1ccc2ccccc2c1. The van der Waals surface area contributed by atoms with Gasteiger partial charge in [-0.25, -0.2) is 4.79 Å². The monoisotopic (exact) mass is 765 g/mol. The van der Waals surface area contributed by atoms with Crippen molar-refractivity contribution in [3.63, 3.8) is 0 Å². The van der Waals surface area contributed by atoms with Gasteiger partial charge in [0.1, 0.15) is 5.75 Å². The third kappa shape index (κ3) is 5.86. The topological polar surface area (TPSA) is 96.3 Å². The Kier molecular flexibility index (Phi) is 9.38. The van der Waals surface area contributed by atoms with E-state index >= 15 is 4.79 Å². The average molecular weight is 766 g/mol. The van der Waals surface area contributed by atoms with Gasteiger partial charge in [0.25, 0.3) is 0 Å². The molecule has 0 heterocycles. The molecular weight excluding hydrogens is 711 g/mol. The van der Waals surface area contributed by atoms with E-state index in [1.54, 1.807) is 12.0 Å². The van der Waals surface area contributed by atoms with Crippen LogP contribution in [0.2, 0.25) is 0 Å². The fourth-order valence-electron chi connectivity index (χ4n) is 12.5. The molecule has 2 bridgehead atoms. The van der Waals surface area contributed by atoms with Crippen molar-refractivity contribution in [2.45, 2.75) is 76.9 Å². The minimum atomic E-state index is -1.22. The Morgan fingerprint density at radius 3 is 2.25 bits per heavy atom. The molecule has 3 saturated carbocycles. The van der Waals surface area contributed by atoms with Crippen LogP contribution in [0, 0.1) is 33.5 Å². The van der Waals surface area contributed by atoms with E-state index in [0.29, 0.717) is 43.7 Å². The first-order chi connectivity index (χ1) is 27.5. The zero-order chi connectivity index (χ0) is 39.6. The minimum absolute atomic E-state index is 0.0327. The molecule has 4 aromatic carbocycles. The molecule has 2 N–H and O–H groups in total. The van der Waals surface area contributed by atoms with E-state index in [2.05, 4.69) is 44.2 Å². The van der Waals surface area contributed by atoms with Crippen LogP contribution in [0.1, 0.15) is 75.6 Å². The number of benzene rings is 4. The highest BCUT2D eigenvalue weighted by Gasteiger charge is 2.74. The number of nitrogens with zero attached hydrogens (tertiary/aromatic N) is 1. The summed E-state index contributed by atoms with van der Waals surface area (Å²) >= 11 is 0. The molecule has 57 heavy (non-hydrogen) atoms. The fraction of sp³-hybridized carbons (Fsp3) is 0.440. The molecule has 0 saturated heterocycles. The number of Topliss-reactive ketones (excluding diaryl/α,β-unsaturated/α-hetero) is 1. The second kappa shape index (κ2) is 14.1. The summed E-state index contributed by atoms with van der Waals surface area (Å²) in [5.74, 6) is 0.630. The van der Waals surface area contributed by atoms with Crippen LogP contribution in [-0.4, -0.2) is 65.5 Å². The number of rotatable bonds is 10. The van der Waals surface area contributed by atoms with Crippen LogP contribution in [0.25, 0.3) is 21.9 Å². The number of fused-ring (bicyclic) bond motifs is 2. The molecule has 10 rings (SSSR count). The normalized spacial score (nSPS) is 33.6. The molecule has 8 atom stereocenters. The summed E-state index contributed by atoms with van der Waals surface area (Å²) in [6.07, 6.45) is 11.7. The van der Waals surface area contributed by atoms with Gasteiger partial charge in [0, 0.05) is 47.6 Å². The first-order valence-electron chi connectivity index (χ1n) is 20.9. The smallest absolute Gasteiger partial charge is 0.410 e. The van der Waals surface area contributed by atoms with Crippen LogP contribution >= 0.6 is 0 Å². The van der Waals surface area contributed by atoms with E-state index in [9.17, 15) is 15.0 Å². The Bertz CT molecular complexity index is 2250. The molecule has 6 aliphatic rings. The summed E-state index contributed by atoms with van der Waals surface area (Å²) in [6, 6.07) is 31.8. The van der Waals surface area contributed by atoms with Gasteiger partial charge in [0.15, 0.2) is 5.78 Å². The summed E-state index contributed by atoms with van der Waals surface area (Å²) in [6.45, 7) is 5.60. The number of carbonyl (C=O) groups is 2. The van der Waals surface area contributed by atoms with Crippen LogP contribution in [0.4, 0.5) is 4.79 Å². The Morgan fingerprint density at radius 2 is 1.47 bits per heavy atom. The molecule has 1 amide bonds. The van der Waals surface area contributed by atoms with Gasteiger partial charge < -0.3 is 24.6 Å². The lowest BCUT2D eigenvalue weighted by Crippen LogP contribution is -2.67. The van der Waals surface area contributed by atoms with Crippen LogP contribution in [0.5, 0.6) is 5.75 Å². The van der Waals surface area contributed by atoms with Crippen molar-refractivity contribution in [1.29, 1.82) is 0 Å². The Hall–Kier alpha value is -4.56. The van der Waals surface area contributed by atoms with Crippen LogP contribution in [0.15, 0.2) is 121 Å². The largest absolute Gasteiger partial charge is 0.415 e. The lowest BCUT2D eigenvalue weighted by atomic mass is 9.32. The lowest BCUT2D eigenvalue weighted by Gasteiger charge is -2.71. The van der Waals surface area contributed by atoms with E-state index in [-0.39, 0.29) is 29.6 Å². The maximum atomic E-state index is 15.2. The van der Waals surface area contributed by atoms with Crippen molar-refractivity contribution in [3.05, 3.63) is 126 Å². The van der Waals surface area contributed by atoms with Crippen molar-refractivity contribution >= 4 is 22.6 Å². The van der Waals surface area contributed by atoms with E-state index in [1.807, 2.05) is 84.9 Å². The summed E-state index contributed by atoms with van der Waals surface area (Å²) in [4.78, 5) is 30.9. The summed E-state index contributed by atoms with van der Waals surface area (Å²) < 4.78 is 11.4. The third-order valence-electron chi connectivity index (χ3n) is 15.6. The fourth-order valence-corrected chi connectivity index (χ4v) is 12.5. The maximum Gasteiger partial charge on any atom is 0.415 e. The molecule has 0 radical (unpaired) electrons. The number of carbonyl (C=O) groups excluding carboxylic acids is 2. The van der Waals surface area contributed by atoms with Gasteiger partial charge in [0.05, 0.1) is 18.2 Å². The number of allylic oxidation sites excluding steroid dienone is 4. The number of hydrogen-bond donors (Lipinski definition) is 2. The molecule has 2 spiro atoms. The number of amides is 1. The number of aliphatic hydroxyl groups is 2. The third-order valence-corrected chi connectivity index (χ3v) is 15.6. The van der Waals surface area contributed by atoms with Gasteiger partial charge in [-0.1, -0.05) is 117 Å². The van der Waals surface area contributed by atoms with E-state index in [4.69, 9.17) is 9.47 Å². The summed E-state index contributed by atoms with van der Waals surface area (Å²) in [5.41, 5.74) is 0.663. The van der Waals surface area contributed by atoms with Gasteiger partial charge >= 0.3 is 6.09 Å². The molecule has 4 aromatic rings. The molecule has 296 valence electrons. The first kappa shape index (κ1) is 38.0. The zero-order valence-electron chi connectivity index (χ0n) is 33.5. The van der Waals surface area contributed by atoms with Crippen LogP contribution in [0.3, 0.4) is 0 Å². The van der Waals surface area contributed by atoms with Gasteiger partial charge in [-0.05, 0) is 103 Å². The number of ketones is 1. The molecular formula is C50H55NO6. The van der Waals surface area contributed by atoms with Gasteiger partial charge in [-0.15, -0.1) is 0 Å². The van der Waals surface area contributed by atoms with Gasteiger partial charge in [-0.2, -0.15) is 0 Å². The molecule has 8 unspecified atom stereocenters. The predicted octanol–water partition coefficient (Wildman–Crippen LogP) is 9.82. The van der Waals surface area contributed by atoms with Crippen molar-refractivity contribution in [3.8, 4) is 16.9 Å². The molecule has 6 aliphatic carbocycles. The zero-order valence-corrected chi connectivity index (χ0v) is 33.5. The van der Waals surface area contributed by atoms with Crippen molar-refractivity contribution in [2.75, 3.05) is 26.8 Å². The Balaban J connectivity index is 1.07. The highest BCUT2D eigenvalue weighted by Crippen LogP contribution is 2.78. The van der Waals surface area contributed by atoms with E-state index in [1.165, 1.54) is 0 Å². The first-order valence-corrected chi connectivity index (χ1v) is 20.9. The van der Waals surface area contributed by atoms with Gasteiger partial charge in [0.2, 0.25) is 0 Å². The molecule has 3 fully saturated rings.